The highest BCUT2D eigenvalue weighted by molar-refractivity contribution is 6.24. The molecule has 0 radical (unpaired) electrons. The summed E-state index contributed by atoms with van der Waals surface area (Å²) in [5.74, 6) is -0.269. The molecule has 110 valence electrons. The molecule has 0 amide bonds. The third-order valence-corrected chi connectivity index (χ3v) is 4.05. The van der Waals surface area contributed by atoms with Gasteiger partial charge in [-0.1, -0.05) is 67.3 Å². The summed E-state index contributed by atoms with van der Waals surface area (Å²) in [6.07, 6.45) is 2.94. The van der Waals surface area contributed by atoms with Crippen molar-refractivity contribution in [3.8, 4) is 0 Å². The van der Waals surface area contributed by atoms with Crippen molar-refractivity contribution < 1.29 is 9.53 Å². The lowest BCUT2D eigenvalue weighted by atomic mass is 9.82. The van der Waals surface area contributed by atoms with Crippen molar-refractivity contribution in [1.82, 2.24) is 0 Å². The van der Waals surface area contributed by atoms with Gasteiger partial charge < -0.3 is 4.74 Å². The average molecular weight is 290 g/mol. The number of hydrogen-bond acceptors (Lipinski definition) is 2. The molecule has 0 saturated heterocycles. The number of carbonyl (C=O) groups is 1. The molecule has 0 aliphatic carbocycles. The van der Waals surface area contributed by atoms with Gasteiger partial charge in [-0.25, -0.2) is 0 Å². The van der Waals surface area contributed by atoms with E-state index in [4.69, 9.17) is 4.74 Å². The highest BCUT2D eigenvalue weighted by Crippen LogP contribution is 2.35. The first-order valence-corrected chi connectivity index (χ1v) is 7.35. The topological polar surface area (TPSA) is 26.3 Å². The Bertz CT molecular complexity index is 728. The van der Waals surface area contributed by atoms with Gasteiger partial charge in [-0.05, 0) is 23.6 Å². The standard InChI is InChI=1S/C20H18O2/c1-3-18-19(15-10-5-4-6-11-15)20(21)17(13-22-18)16-12-8-7-9-14(16)2/h3-13,18-19H,1H2,2H3. The second-order valence-electron chi connectivity index (χ2n) is 5.44. The summed E-state index contributed by atoms with van der Waals surface area (Å²) in [5, 5.41) is 0. The lowest BCUT2D eigenvalue weighted by Crippen LogP contribution is -2.30. The van der Waals surface area contributed by atoms with Crippen LogP contribution < -0.4 is 0 Å². The zero-order chi connectivity index (χ0) is 15.5. The molecule has 0 spiro atoms. The number of carbonyl (C=O) groups excluding carboxylic acids is 1. The Labute approximate surface area is 130 Å². The predicted octanol–water partition coefficient (Wildman–Crippen LogP) is 4.27. The molecule has 3 rings (SSSR count). The molecule has 1 aliphatic heterocycles. The third-order valence-electron chi connectivity index (χ3n) is 4.05. The molecule has 2 aromatic rings. The SMILES string of the molecule is C=CC1OC=C(c2ccccc2C)C(=O)C1c1ccccc1. The Balaban J connectivity index is 2.06. The molecule has 0 N–H and O–H groups in total. The lowest BCUT2D eigenvalue weighted by molar-refractivity contribution is -0.118. The summed E-state index contributed by atoms with van der Waals surface area (Å²) in [4.78, 5) is 13.1. The maximum Gasteiger partial charge on any atom is 0.178 e. The summed E-state index contributed by atoms with van der Waals surface area (Å²) in [5.41, 5.74) is 3.58. The molecule has 0 saturated carbocycles. The van der Waals surface area contributed by atoms with Gasteiger partial charge in [0.2, 0.25) is 0 Å². The summed E-state index contributed by atoms with van der Waals surface area (Å²) >= 11 is 0. The van der Waals surface area contributed by atoms with Gasteiger partial charge in [0.1, 0.15) is 6.10 Å². The van der Waals surface area contributed by atoms with E-state index in [0.717, 1.165) is 16.7 Å². The molecule has 1 heterocycles. The fourth-order valence-electron chi connectivity index (χ4n) is 2.86. The Kier molecular flexibility index (Phi) is 3.92. The lowest BCUT2D eigenvalue weighted by Gasteiger charge is -2.29. The maximum absolute atomic E-state index is 13.1. The summed E-state index contributed by atoms with van der Waals surface area (Å²) < 4.78 is 5.79. The molecule has 2 unspecified atom stereocenters. The molecule has 0 aromatic heterocycles. The number of hydrogen-bond donors (Lipinski definition) is 0. The van der Waals surface area contributed by atoms with Crippen LogP contribution >= 0.6 is 0 Å². The number of rotatable bonds is 3. The van der Waals surface area contributed by atoms with Crippen molar-refractivity contribution >= 4 is 11.4 Å². The van der Waals surface area contributed by atoms with E-state index in [1.807, 2.05) is 61.5 Å². The van der Waals surface area contributed by atoms with Gasteiger partial charge in [0.05, 0.1) is 17.8 Å². The fourth-order valence-corrected chi connectivity index (χ4v) is 2.86. The van der Waals surface area contributed by atoms with Crippen LogP contribution in [0.4, 0.5) is 0 Å². The van der Waals surface area contributed by atoms with E-state index in [9.17, 15) is 4.79 Å². The van der Waals surface area contributed by atoms with Crippen molar-refractivity contribution in [2.75, 3.05) is 0 Å². The van der Waals surface area contributed by atoms with Crippen molar-refractivity contribution in [2.24, 2.45) is 0 Å². The summed E-state index contributed by atoms with van der Waals surface area (Å²) in [6, 6.07) is 17.6. The second-order valence-corrected chi connectivity index (χ2v) is 5.44. The average Bonchev–Trinajstić information content (AvgIpc) is 2.56. The van der Waals surface area contributed by atoms with Crippen LogP contribution in [-0.4, -0.2) is 11.9 Å². The van der Waals surface area contributed by atoms with Crippen LogP contribution in [0.15, 0.2) is 73.5 Å². The Morgan fingerprint density at radius 1 is 1.05 bits per heavy atom. The largest absolute Gasteiger partial charge is 0.492 e. The molecule has 0 fully saturated rings. The Hall–Kier alpha value is -2.61. The van der Waals surface area contributed by atoms with Gasteiger partial charge in [0, 0.05) is 0 Å². The quantitative estimate of drug-likeness (QED) is 0.789. The smallest absolute Gasteiger partial charge is 0.178 e. The first-order chi connectivity index (χ1) is 10.7. The van der Waals surface area contributed by atoms with Crippen LogP contribution in [0.5, 0.6) is 0 Å². The first kappa shape index (κ1) is 14.3. The molecule has 2 heteroatoms. The van der Waals surface area contributed by atoms with E-state index >= 15 is 0 Å². The van der Waals surface area contributed by atoms with Crippen LogP contribution in [-0.2, 0) is 9.53 Å². The van der Waals surface area contributed by atoms with Crippen molar-refractivity contribution in [3.05, 3.63) is 90.2 Å². The van der Waals surface area contributed by atoms with Gasteiger partial charge in [0.25, 0.3) is 0 Å². The Morgan fingerprint density at radius 2 is 1.73 bits per heavy atom. The molecular formula is C20H18O2. The number of aryl methyl sites for hydroxylation is 1. The minimum Gasteiger partial charge on any atom is -0.492 e. The number of ether oxygens (including phenoxy) is 1. The molecule has 2 aromatic carbocycles. The van der Waals surface area contributed by atoms with Crippen LogP contribution in [0.2, 0.25) is 0 Å². The van der Waals surface area contributed by atoms with Gasteiger partial charge in [-0.3, -0.25) is 4.79 Å². The molecule has 0 bridgehead atoms. The van der Waals surface area contributed by atoms with Gasteiger partial charge >= 0.3 is 0 Å². The van der Waals surface area contributed by atoms with Gasteiger partial charge in [0.15, 0.2) is 5.78 Å². The maximum atomic E-state index is 13.1. The van der Waals surface area contributed by atoms with E-state index in [1.165, 1.54) is 0 Å². The number of Topliss-reactive ketones (excluding diaryl/α,β-unsaturated/α-hetero) is 1. The van der Waals surface area contributed by atoms with Crippen molar-refractivity contribution in [1.29, 1.82) is 0 Å². The van der Waals surface area contributed by atoms with Crippen molar-refractivity contribution in [2.45, 2.75) is 18.9 Å². The molecular weight excluding hydrogens is 272 g/mol. The van der Waals surface area contributed by atoms with E-state index in [2.05, 4.69) is 6.58 Å². The predicted molar refractivity (Wildman–Crippen MR) is 88.4 cm³/mol. The first-order valence-electron chi connectivity index (χ1n) is 7.35. The van der Waals surface area contributed by atoms with Crippen molar-refractivity contribution in [3.63, 3.8) is 0 Å². The second kappa shape index (κ2) is 6.02. The van der Waals surface area contributed by atoms with E-state index < -0.39 is 0 Å². The zero-order valence-electron chi connectivity index (χ0n) is 12.5. The van der Waals surface area contributed by atoms with E-state index in [0.29, 0.717) is 5.57 Å². The fraction of sp³-hybridized carbons (Fsp3) is 0.150. The normalized spacial score (nSPS) is 21.0. The van der Waals surface area contributed by atoms with Crippen LogP contribution in [0.1, 0.15) is 22.6 Å². The molecule has 2 atom stereocenters. The molecule has 1 aliphatic rings. The monoisotopic (exact) mass is 290 g/mol. The van der Waals surface area contributed by atoms with E-state index in [1.54, 1.807) is 12.3 Å². The van der Waals surface area contributed by atoms with Crippen LogP contribution in [0, 0.1) is 6.92 Å². The minimum absolute atomic E-state index is 0.0802. The number of allylic oxidation sites excluding steroid dienone is 1. The highest BCUT2D eigenvalue weighted by Gasteiger charge is 2.35. The van der Waals surface area contributed by atoms with Crippen LogP contribution in [0.3, 0.4) is 0 Å². The summed E-state index contributed by atoms with van der Waals surface area (Å²) in [7, 11) is 0. The van der Waals surface area contributed by atoms with Gasteiger partial charge in [-0.2, -0.15) is 0 Å². The molecule has 2 nitrogen and oxygen atoms in total. The Morgan fingerprint density at radius 3 is 2.41 bits per heavy atom. The number of benzene rings is 2. The zero-order valence-corrected chi connectivity index (χ0v) is 12.5. The minimum atomic E-state index is -0.349. The third kappa shape index (κ3) is 2.48. The number of ketones is 1. The molecule has 22 heavy (non-hydrogen) atoms. The summed E-state index contributed by atoms with van der Waals surface area (Å²) in [6.45, 7) is 5.80. The highest BCUT2D eigenvalue weighted by atomic mass is 16.5. The van der Waals surface area contributed by atoms with Gasteiger partial charge in [-0.15, -0.1) is 0 Å². The van der Waals surface area contributed by atoms with Crippen LogP contribution in [0.25, 0.3) is 5.57 Å². The van der Waals surface area contributed by atoms with E-state index in [-0.39, 0.29) is 17.8 Å².